The molecular formula is C24H38N5Na2O8P. The molecule has 3 heterocycles. The van der Waals surface area contributed by atoms with Crippen molar-refractivity contribution < 1.29 is 98.0 Å². The Morgan fingerprint density at radius 3 is 2.25 bits per heavy atom. The number of phosphoric ester groups is 1. The average Bonchev–Trinajstić information content (AvgIpc) is 3.43. The monoisotopic (exact) mass is 601 g/mol. The maximum atomic E-state index is 12.4. The van der Waals surface area contributed by atoms with E-state index in [1.807, 2.05) is 0 Å². The number of hydrogen-bond donors (Lipinski definition) is 3. The summed E-state index contributed by atoms with van der Waals surface area (Å²) in [5.41, 5.74) is 0.370. The zero-order chi connectivity index (χ0) is 27.5. The summed E-state index contributed by atoms with van der Waals surface area (Å²) in [4.78, 5) is 36.6. The van der Waals surface area contributed by atoms with E-state index in [0.29, 0.717) is 6.42 Å². The minimum Gasteiger partial charge on any atom is -0.862 e. The van der Waals surface area contributed by atoms with E-state index in [9.17, 15) is 24.8 Å². The van der Waals surface area contributed by atoms with Crippen molar-refractivity contribution in [1.82, 2.24) is 19.5 Å². The molecule has 5 atom stereocenters. The second-order valence-electron chi connectivity index (χ2n) is 9.59. The van der Waals surface area contributed by atoms with Crippen LogP contribution in [0.4, 0.5) is 5.82 Å². The van der Waals surface area contributed by atoms with Crippen LogP contribution in [0.25, 0.3) is 11.2 Å². The van der Waals surface area contributed by atoms with Crippen LogP contribution in [-0.2, 0) is 13.8 Å². The van der Waals surface area contributed by atoms with Gasteiger partial charge in [-0.15, -0.1) is 0 Å². The summed E-state index contributed by atoms with van der Waals surface area (Å²) in [6, 6.07) is 0. The fraction of sp³-hybridized carbons (Fsp3) is 0.750. The van der Waals surface area contributed by atoms with E-state index in [1.54, 1.807) is 0 Å². The smallest absolute Gasteiger partial charge is 0.862 e. The van der Waals surface area contributed by atoms with Crippen molar-refractivity contribution in [1.29, 1.82) is 0 Å². The van der Waals surface area contributed by atoms with Crippen LogP contribution < -0.4 is 69.1 Å². The molecule has 3 N–H and O–H groups in total. The molecular weight excluding hydrogens is 563 g/mol. The van der Waals surface area contributed by atoms with Gasteiger partial charge in [-0.2, -0.15) is 0 Å². The van der Waals surface area contributed by atoms with E-state index in [-0.39, 0.29) is 82.0 Å². The van der Waals surface area contributed by atoms with Crippen LogP contribution in [-0.4, -0.2) is 65.4 Å². The second-order valence-corrected chi connectivity index (χ2v) is 10.7. The van der Waals surface area contributed by atoms with E-state index in [4.69, 9.17) is 9.63 Å². The average molecular weight is 602 g/mol. The van der Waals surface area contributed by atoms with Crippen LogP contribution in [0.2, 0.25) is 0 Å². The number of nitrogens with zero attached hydrogens (tertiary/aromatic N) is 5. The molecule has 0 spiro atoms. The largest absolute Gasteiger partial charge is 1.00 e. The normalized spacial score (nSPS) is 22.6. The molecule has 0 aromatic carbocycles. The number of ether oxygens (including phenoxy) is 1. The van der Waals surface area contributed by atoms with E-state index >= 15 is 0 Å². The molecule has 0 bridgehead atoms. The number of phosphoric acid groups is 1. The fourth-order valence-electron chi connectivity index (χ4n) is 4.60. The molecule has 0 aliphatic carbocycles. The minimum absolute atomic E-state index is 0. The van der Waals surface area contributed by atoms with Crippen molar-refractivity contribution in [3.05, 3.63) is 12.7 Å². The van der Waals surface area contributed by atoms with Gasteiger partial charge in [-0.05, 0) is 18.7 Å². The van der Waals surface area contributed by atoms with E-state index in [1.165, 1.54) is 68.6 Å². The predicted molar refractivity (Wildman–Crippen MR) is 135 cm³/mol. The summed E-state index contributed by atoms with van der Waals surface area (Å²) in [5, 5.41) is 32.5. The van der Waals surface area contributed by atoms with E-state index in [2.05, 4.69) is 31.4 Å². The summed E-state index contributed by atoms with van der Waals surface area (Å²) < 4.78 is 22.5. The number of imidazole rings is 1. The predicted octanol–water partition coefficient (Wildman–Crippen LogP) is -3.98. The molecule has 0 saturated carbocycles. The van der Waals surface area contributed by atoms with Crippen molar-refractivity contribution in [2.45, 2.75) is 109 Å². The van der Waals surface area contributed by atoms with Gasteiger partial charge in [-0.25, -0.2) is 19.9 Å². The maximum Gasteiger partial charge on any atom is 1.00 e. The summed E-state index contributed by atoms with van der Waals surface area (Å²) in [6.45, 7) is 1.55. The van der Waals surface area contributed by atoms with Gasteiger partial charge in [0.15, 0.2) is 23.2 Å². The molecule has 16 heteroatoms. The topological polar surface area (TPSA) is 198 Å². The third-order valence-corrected chi connectivity index (χ3v) is 7.09. The van der Waals surface area contributed by atoms with Crippen LogP contribution in [0.3, 0.4) is 0 Å². The van der Waals surface area contributed by atoms with Gasteiger partial charge in [0.05, 0.1) is 12.9 Å². The molecule has 1 unspecified atom stereocenters. The van der Waals surface area contributed by atoms with Crippen molar-refractivity contribution in [3.63, 3.8) is 0 Å². The first-order chi connectivity index (χ1) is 18.2. The number of aliphatic hydroxyl groups excluding tert-OH is 2. The molecule has 2 aromatic rings. The molecule has 3 rings (SSSR count). The number of unbranched alkanes of at least 4 members (excludes halogenated alkanes) is 10. The standard InChI is InChI=1S/C24H40N5O8P.2Na/c1-2-3-4-5-6-7-8-9-10-11-12-13-18(31)28-22-19-23(26-15-25-22)29(16-27-19)24-20(32)21(17(14-30)36-24)37-38(33,34)35;;/h15-17,20-21,24,30,32H,2-14H2,1H3,(H2,33,34,35)(H,25,26,28,31);;/q;2*+1/p-2/t17-,20-,21-,24-;;/m1../s1. The van der Waals surface area contributed by atoms with Gasteiger partial charge < -0.3 is 34.4 Å². The Morgan fingerprint density at radius 1 is 1.07 bits per heavy atom. The Kier molecular flexibility index (Phi) is 18.4. The third kappa shape index (κ3) is 11.6. The van der Waals surface area contributed by atoms with Gasteiger partial charge in [-0.1, -0.05) is 71.1 Å². The van der Waals surface area contributed by atoms with Gasteiger partial charge >= 0.3 is 59.1 Å². The summed E-state index contributed by atoms with van der Waals surface area (Å²) >= 11 is 0. The van der Waals surface area contributed by atoms with Crippen LogP contribution in [0.15, 0.2) is 17.6 Å². The summed E-state index contributed by atoms with van der Waals surface area (Å²) in [5.74, 6) is -0.254. The first kappa shape index (κ1) is 38.0. The Balaban J connectivity index is 0.00000400. The van der Waals surface area contributed by atoms with Gasteiger partial charge in [0, 0.05) is 0 Å². The molecule has 1 aliphatic rings. The third-order valence-electron chi connectivity index (χ3n) is 6.58. The summed E-state index contributed by atoms with van der Waals surface area (Å²) in [7, 11) is -5.21. The second kappa shape index (κ2) is 19.3. The Morgan fingerprint density at radius 2 is 1.68 bits per heavy atom. The van der Waals surface area contributed by atoms with Gasteiger partial charge in [0.2, 0.25) is 0 Å². The number of fused-ring (bicyclic) bond motifs is 1. The first-order valence-corrected chi connectivity index (χ1v) is 14.8. The fourth-order valence-corrected chi connectivity index (χ4v) is 5.17. The first-order valence-electron chi connectivity index (χ1n) is 13.3. The Hall–Kier alpha value is 0.01000. The SMILES string of the molecule is CCCCCCCCCCCCCC([O-])=Nc1ncnc2c1ncn2[C@@H]1O[C@H](CO)[C@@H](OP(=O)([O-])O)[C@H]1O.[Na+].[Na+]. The maximum absolute atomic E-state index is 12.4. The molecule has 13 nitrogen and oxygen atoms in total. The van der Waals surface area contributed by atoms with Gasteiger partial charge in [-0.3, -0.25) is 9.13 Å². The molecule has 1 saturated heterocycles. The minimum atomic E-state index is -5.21. The molecule has 1 aliphatic heterocycles. The molecule has 2 aromatic heterocycles. The Labute approximate surface area is 279 Å². The van der Waals surface area contributed by atoms with E-state index < -0.39 is 39.0 Å². The van der Waals surface area contributed by atoms with Crippen LogP contribution in [0.5, 0.6) is 0 Å². The molecule has 214 valence electrons. The number of aliphatic imine (C=N–C) groups is 1. The quantitative estimate of drug-likeness (QED) is 0.0525. The van der Waals surface area contributed by atoms with E-state index in [0.717, 1.165) is 19.3 Å². The molecule has 40 heavy (non-hydrogen) atoms. The Bertz CT molecular complexity index is 1090. The van der Waals surface area contributed by atoms with Crippen LogP contribution >= 0.6 is 7.82 Å². The van der Waals surface area contributed by atoms with Crippen LogP contribution in [0, 0.1) is 0 Å². The zero-order valence-electron chi connectivity index (χ0n) is 23.7. The zero-order valence-corrected chi connectivity index (χ0v) is 28.6. The van der Waals surface area contributed by atoms with Crippen molar-refractivity contribution >= 4 is 30.7 Å². The van der Waals surface area contributed by atoms with Crippen molar-refractivity contribution in [3.8, 4) is 0 Å². The van der Waals surface area contributed by atoms with Crippen molar-refractivity contribution in [2.75, 3.05) is 6.61 Å². The number of hydrogen-bond acceptors (Lipinski definition) is 11. The number of aromatic nitrogens is 4. The molecule has 0 amide bonds. The number of rotatable bonds is 17. The van der Waals surface area contributed by atoms with Crippen LogP contribution in [0.1, 0.15) is 90.2 Å². The number of aliphatic hydroxyl groups is 2. The molecule has 1 fully saturated rings. The summed E-state index contributed by atoms with van der Waals surface area (Å²) in [6.07, 6.45) is 10.1. The molecule has 0 radical (unpaired) electrons. The van der Waals surface area contributed by atoms with Crippen molar-refractivity contribution in [2.24, 2.45) is 4.99 Å². The van der Waals surface area contributed by atoms with Gasteiger partial charge in [0.1, 0.15) is 24.6 Å². The van der Waals surface area contributed by atoms with Gasteiger partial charge in [0.25, 0.3) is 7.82 Å².